The number of hydrogen-bond donors (Lipinski definition) is 0. The van der Waals surface area contributed by atoms with Crippen molar-refractivity contribution in [3.63, 3.8) is 0 Å². The SMILES string of the molecule is O=S(=O)(C=C(C(F)(F)F)C(F)(F)F)c1ccc(Cl)cc1. The number of hydrogen-bond acceptors (Lipinski definition) is 2. The maximum atomic E-state index is 12.3. The van der Waals surface area contributed by atoms with E-state index in [2.05, 4.69) is 0 Å². The van der Waals surface area contributed by atoms with Gasteiger partial charge in [0.25, 0.3) is 0 Å². The van der Waals surface area contributed by atoms with Gasteiger partial charge >= 0.3 is 12.4 Å². The van der Waals surface area contributed by atoms with Crippen molar-refractivity contribution in [1.82, 2.24) is 0 Å². The van der Waals surface area contributed by atoms with Gasteiger partial charge in [0.15, 0.2) is 9.84 Å². The molecule has 0 N–H and O–H groups in total. The fraction of sp³-hybridized carbons (Fsp3) is 0.200. The average Bonchev–Trinajstić information content (AvgIpc) is 2.23. The van der Waals surface area contributed by atoms with Gasteiger partial charge in [0.1, 0.15) is 5.57 Å². The Kier molecular flexibility index (Phi) is 4.45. The summed E-state index contributed by atoms with van der Waals surface area (Å²) in [6.07, 6.45) is -11.7. The molecule has 0 radical (unpaired) electrons. The van der Waals surface area contributed by atoms with E-state index >= 15 is 0 Å². The fourth-order valence-corrected chi connectivity index (χ4v) is 2.50. The predicted octanol–water partition coefficient (Wildman–Crippen LogP) is 4.12. The number of alkyl halides is 6. The third-order valence-corrected chi connectivity index (χ3v) is 3.75. The van der Waals surface area contributed by atoms with E-state index in [9.17, 15) is 34.8 Å². The predicted molar refractivity (Wildman–Crippen MR) is 58.8 cm³/mol. The zero-order valence-corrected chi connectivity index (χ0v) is 10.8. The van der Waals surface area contributed by atoms with E-state index in [1.54, 1.807) is 0 Å². The van der Waals surface area contributed by atoms with Gasteiger partial charge in [0, 0.05) is 5.02 Å². The summed E-state index contributed by atoms with van der Waals surface area (Å²) in [5, 5.41) is -0.754. The molecule has 20 heavy (non-hydrogen) atoms. The fourth-order valence-electron chi connectivity index (χ4n) is 1.14. The van der Waals surface area contributed by atoms with Crippen molar-refractivity contribution < 1.29 is 34.8 Å². The maximum absolute atomic E-state index is 12.3. The Hall–Kier alpha value is -1.22. The molecule has 0 aliphatic carbocycles. The minimum atomic E-state index is -5.84. The van der Waals surface area contributed by atoms with Crippen LogP contribution in [0.4, 0.5) is 26.3 Å². The van der Waals surface area contributed by atoms with Crippen LogP contribution in [0.3, 0.4) is 0 Å². The molecular weight excluding hydrogens is 334 g/mol. The van der Waals surface area contributed by atoms with E-state index in [-0.39, 0.29) is 5.02 Å². The Balaban J connectivity index is 3.40. The first-order valence-electron chi connectivity index (χ1n) is 4.71. The molecule has 0 saturated carbocycles. The van der Waals surface area contributed by atoms with Crippen LogP contribution in [-0.4, -0.2) is 20.8 Å². The molecule has 0 heterocycles. The van der Waals surface area contributed by atoms with Crippen LogP contribution in [0.15, 0.2) is 40.1 Å². The highest BCUT2D eigenvalue weighted by atomic mass is 35.5. The van der Waals surface area contributed by atoms with Crippen LogP contribution in [0.1, 0.15) is 0 Å². The van der Waals surface area contributed by atoms with Crippen molar-refractivity contribution in [1.29, 1.82) is 0 Å². The highest BCUT2D eigenvalue weighted by Gasteiger charge is 2.52. The van der Waals surface area contributed by atoms with Gasteiger partial charge in [-0.15, -0.1) is 0 Å². The molecule has 1 aromatic rings. The average molecular weight is 339 g/mol. The van der Waals surface area contributed by atoms with E-state index in [0.29, 0.717) is 0 Å². The molecule has 10 heteroatoms. The smallest absolute Gasteiger partial charge is 0.219 e. The second-order valence-electron chi connectivity index (χ2n) is 3.53. The van der Waals surface area contributed by atoms with Crippen LogP contribution < -0.4 is 0 Å². The van der Waals surface area contributed by atoms with Crippen LogP contribution in [0.25, 0.3) is 0 Å². The molecule has 2 nitrogen and oxygen atoms in total. The lowest BCUT2D eigenvalue weighted by molar-refractivity contribution is -0.171. The molecule has 0 aliphatic heterocycles. The third-order valence-electron chi connectivity index (χ3n) is 2.03. The lowest BCUT2D eigenvalue weighted by atomic mass is 10.3. The molecule has 0 atom stereocenters. The van der Waals surface area contributed by atoms with Crippen LogP contribution in [-0.2, 0) is 9.84 Å². The van der Waals surface area contributed by atoms with Crippen molar-refractivity contribution >= 4 is 21.4 Å². The monoisotopic (exact) mass is 338 g/mol. The highest BCUT2D eigenvalue weighted by Crippen LogP contribution is 2.39. The van der Waals surface area contributed by atoms with Gasteiger partial charge in [-0.1, -0.05) is 11.6 Å². The minimum absolute atomic E-state index is 0.0831. The molecule has 0 amide bonds. The lowest BCUT2D eigenvalue weighted by Crippen LogP contribution is -2.27. The van der Waals surface area contributed by atoms with Gasteiger partial charge in [-0.05, 0) is 24.3 Å². The van der Waals surface area contributed by atoms with Crippen LogP contribution >= 0.6 is 11.6 Å². The summed E-state index contributed by atoms with van der Waals surface area (Å²) in [5.74, 6) is 0. The van der Waals surface area contributed by atoms with Crippen LogP contribution in [0.5, 0.6) is 0 Å². The molecule has 0 saturated heterocycles. The molecule has 1 aromatic carbocycles. The topological polar surface area (TPSA) is 34.1 Å². The first-order valence-corrected chi connectivity index (χ1v) is 6.63. The zero-order valence-electron chi connectivity index (χ0n) is 9.26. The summed E-state index contributed by atoms with van der Waals surface area (Å²) in [6, 6.07) is 3.67. The third kappa shape index (κ3) is 4.14. The van der Waals surface area contributed by atoms with Crippen molar-refractivity contribution in [2.75, 3.05) is 0 Å². The Morgan fingerprint density at radius 2 is 1.35 bits per heavy atom. The van der Waals surface area contributed by atoms with Gasteiger partial charge in [0.2, 0.25) is 0 Å². The summed E-state index contributed by atoms with van der Waals surface area (Å²) < 4.78 is 96.6. The van der Waals surface area contributed by atoms with Crippen molar-refractivity contribution in [2.45, 2.75) is 17.2 Å². The first-order chi connectivity index (χ1) is 8.84. The lowest BCUT2D eigenvalue weighted by Gasteiger charge is -2.14. The summed E-state index contributed by atoms with van der Waals surface area (Å²) >= 11 is 5.44. The second-order valence-corrected chi connectivity index (χ2v) is 5.76. The van der Waals surface area contributed by atoms with Gasteiger partial charge < -0.3 is 0 Å². The quantitative estimate of drug-likeness (QED) is 0.760. The van der Waals surface area contributed by atoms with Crippen LogP contribution in [0, 0.1) is 0 Å². The summed E-state index contributed by atoms with van der Waals surface area (Å²) in [4.78, 5) is -0.729. The summed E-state index contributed by atoms with van der Waals surface area (Å²) in [7, 11) is -4.90. The van der Waals surface area contributed by atoms with E-state index in [0.717, 1.165) is 24.3 Å². The number of sulfone groups is 1. The second kappa shape index (κ2) is 5.28. The van der Waals surface area contributed by atoms with Crippen molar-refractivity contribution in [2.24, 2.45) is 0 Å². The minimum Gasteiger partial charge on any atom is -0.219 e. The number of rotatable bonds is 2. The molecule has 0 spiro atoms. The van der Waals surface area contributed by atoms with E-state index in [1.165, 1.54) is 0 Å². The van der Waals surface area contributed by atoms with Gasteiger partial charge in [-0.3, -0.25) is 0 Å². The molecule has 0 fully saturated rings. The van der Waals surface area contributed by atoms with E-state index < -0.39 is 38.1 Å². The van der Waals surface area contributed by atoms with Crippen molar-refractivity contribution in [3.05, 3.63) is 40.3 Å². The van der Waals surface area contributed by atoms with E-state index in [4.69, 9.17) is 11.6 Å². The molecule has 0 aliphatic rings. The standard InChI is InChI=1S/C10H5ClF6O2S/c11-6-1-3-7(4-2-6)20(18,19)5-8(9(12,13)14)10(15,16)17/h1-5H. The number of allylic oxidation sites excluding steroid dienone is 1. The Morgan fingerprint density at radius 1 is 0.950 bits per heavy atom. The van der Waals surface area contributed by atoms with Crippen molar-refractivity contribution in [3.8, 4) is 0 Å². The Bertz CT molecular complexity index is 597. The molecular formula is C10H5ClF6O2S. The zero-order chi connectivity index (χ0) is 15.8. The molecule has 112 valence electrons. The van der Waals surface area contributed by atoms with Crippen LogP contribution in [0.2, 0.25) is 5.02 Å². The Morgan fingerprint density at radius 3 is 1.70 bits per heavy atom. The first kappa shape index (κ1) is 16.8. The molecule has 0 aromatic heterocycles. The highest BCUT2D eigenvalue weighted by molar-refractivity contribution is 7.94. The summed E-state index contributed by atoms with van der Waals surface area (Å²) in [6.45, 7) is 0. The number of benzene rings is 1. The summed E-state index contributed by atoms with van der Waals surface area (Å²) in [5.41, 5.74) is -3.10. The molecule has 0 unspecified atom stereocenters. The van der Waals surface area contributed by atoms with Gasteiger partial charge in [0.05, 0.1) is 10.3 Å². The number of halogens is 7. The van der Waals surface area contributed by atoms with Gasteiger partial charge in [-0.25, -0.2) is 8.42 Å². The molecule has 1 rings (SSSR count). The maximum Gasteiger partial charge on any atom is 0.422 e. The largest absolute Gasteiger partial charge is 0.422 e. The van der Waals surface area contributed by atoms with Gasteiger partial charge in [-0.2, -0.15) is 26.3 Å². The Labute approximate surface area is 114 Å². The molecule has 0 bridgehead atoms. The normalized spacial score (nSPS) is 13.2. The van der Waals surface area contributed by atoms with E-state index in [1.807, 2.05) is 0 Å².